The Labute approximate surface area is 127 Å². The Bertz CT molecular complexity index is 888. The molecule has 112 valence electrons. The fraction of sp³-hybridized carbons (Fsp3) is 0.0667. The first-order valence-electron chi connectivity index (χ1n) is 6.34. The number of ether oxygens (including phenoxy) is 1. The van der Waals surface area contributed by atoms with E-state index in [1.807, 2.05) is 0 Å². The molecule has 0 bridgehead atoms. The third-order valence-corrected chi connectivity index (χ3v) is 5.07. The average Bonchev–Trinajstić information content (AvgIpc) is 2.74. The van der Waals surface area contributed by atoms with Gasteiger partial charge in [-0.05, 0) is 24.3 Å². The SMILES string of the molecule is COc1ccccc1C(=O)N1C(=O)c2ccccc2S1(=O)=O. The zero-order valence-corrected chi connectivity index (χ0v) is 12.3. The number of hydrogen-bond acceptors (Lipinski definition) is 5. The highest BCUT2D eigenvalue weighted by atomic mass is 32.2. The summed E-state index contributed by atoms with van der Waals surface area (Å²) in [7, 11) is -2.83. The van der Waals surface area contributed by atoms with Crippen molar-refractivity contribution in [3.8, 4) is 5.75 Å². The molecular formula is C15H11NO5S. The minimum absolute atomic E-state index is 0.00857. The zero-order chi connectivity index (χ0) is 15.9. The second-order valence-electron chi connectivity index (χ2n) is 4.58. The number of imide groups is 1. The molecule has 0 fully saturated rings. The van der Waals surface area contributed by atoms with Gasteiger partial charge in [-0.2, -0.15) is 4.31 Å². The van der Waals surface area contributed by atoms with Gasteiger partial charge < -0.3 is 4.74 Å². The van der Waals surface area contributed by atoms with Gasteiger partial charge in [0.25, 0.3) is 21.8 Å². The van der Waals surface area contributed by atoms with Crippen LogP contribution in [0.4, 0.5) is 0 Å². The van der Waals surface area contributed by atoms with Crippen LogP contribution in [0.15, 0.2) is 53.4 Å². The van der Waals surface area contributed by atoms with E-state index < -0.39 is 21.8 Å². The van der Waals surface area contributed by atoms with Gasteiger partial charge in [-0.15, -0.1) is 0 Å². The maximum absolute atomic E-state index is 12.6. The van der Waals surface area contributed by atoms with Crippen molar-refractivity contribution < 1.29 is 22.7 Å². The maximum atomic E-state index is 12.6. The molecule has 1 aliphatic heterocycles. The van der Waals surface area contributed by atoms with Gasteiger partial charge in [0.15, 0.2) is 0 Å². The maximum Gasteiger partial charge on any atom is 0.278 e. The number of amides is 2. The number of fused-ring (bicyclic) bond motifs is 1. The van der Waals surface area contributed by atoms with Crippen molar-refractivity contribution in [2.75, 3.05) is 7.11 Å². The van der Waals surface area contributed by atoms with Crippen LogP contribution in [0.1, 0.15) is 20.7 Å². The van der Waals surface area contributed by atoms with Gasteiger partial charge in [0.05, 0.1) is 18.2 Å². The Kier molecular flexibility index (Phi) is 3.22. The Morgan fingerprint density at radius 2 is 1.68 bits per heavy atom. The summed E-state index contributed by atoms with van der Waals surface area (Å²) in [6.07, 6.45) is 0. The van der Waals surface area contributed by atoms with Crippen LogP contribution in [0.5, 0.6) is 5.75 Å². The lowest BCUT2D eigenvalue weighted by atomic mass is 10.1. The predicted octanol–water partition coefficient (Wildman–Crippen LogP) is 1.68. The molecule has 1 aliphatic rings. The minimum atomic E-state index is -4.19. The highest BCUT2D eigenvalue weighted by Gasteiger charge is 2.45. The van der Waals surface area contributed by atoms with Crippen LogP contribution >= 0.6 is 0 Å². The van der Waals surface area contributed by atoms with Crippen molar-refractivity contribution in [1.29, 1.82) is 0 Å². The first-order chi connectivity index (χ1) is 10.5. The standard InChI is InChI=1S/C15H11NO5S/c1-21-12-8-4-2-6-10(12)14(17)16-15(18)11-7-3-5-9-13(11)22(16,19)20/h2-9H,1H3. The fourth-order valence-electron chi connectivity index (χ4n) is 2.32. The molecule has 0 unspecified atom stereocenters. The second kappa shape index (κ2) is 4.96. The molecule has 6 nitrogen and oxygen atoms in total. The van der Waals surface area contributed by atoms with Crippen LogP contribution in [0.3, 0.4) is 0 Å². The Morgan fingerprint density at radius 3 is 2.36 bits per heavy atom. The molecule has 2 aromatic rings. The van der Waals surface area contributed by atoms with Gasteiger partial charge in [-0.1, -0.05) is 24.3 Å². The molecule has 22 heavy (non-hydrogen) atoms. The lowest BCUT2D eigenvalue weighted by Gasteiger charge is -2.15. The molecule has 0 atom stereocenters. The first-order valence-corrected chi connectivity index (χ1v) is 7.78. The van der Waals surface area contributed by atoms with E-state index in [9.17, 15) is 18.0 Å². The van der Waals surface area contributed by atoms with Gasteiger partial charge in [0.2, 0.25) is 0 Å². The first kappa shape index (κ1) is 14.3. The Hall–Kier alpha value is -2.67. The molecular weight excluding hydrogens is 306 g/mol. The summed E-state index contributed by atoms with van der Waals surface area (Å²) in [5.41, 5.74) is 0.000444. The van der Waals surface area contributed by atoms with E-state index in [2.05, 4.69) is 0 Å². The highest BCUT2D eigenvalue weighted by molar-refractivity contribution is 7.90. The van der Waals surface area contributed by atoms with E-state index in [-0.39, 0.29) is 26.1 Å². The highest BCUT2D eigenvalue weighted by Crippen LogP contribution is 2.32. The molecule has 0 aliphatic carbocycles. The van der Waals surface area contributed by atoms with E-state index in [1.54, 1.807) is 18.2 Å². The molecule has 7 heteroatoms. The Morgan fingerprint density at radius 1 is 1.05 bits per heavy atom. The van der Waals surface area contributed by atoms with Gasteiger partial charge in [-0.25, -0.2) is 8.42 Å². The summed E-state index contributed by atoms with van der Waals surface area (Å²) in [6, 6.07) is 11.9. The van der Waals surface area contributed by atoms with Crippen molar-refractivity contribution in [2.24, 2.45) is 0 Å². The van der Waals surface area contributed by atoms with Crippen LogP contribution in [0.25, 0.3) is 0 Å². The molecule has 0 saturated heterocycles. The van der Waals surface area contributed by atoms with Crippen LogP contribution < -0.4 is 4.74 Å². The van der Waals surface area contributed by atoms with E-state index >= 15 is 0 Å². The summed E-state index contributed by atoms with van der Waals surface area (Å²) in [4.78, 5) is 24.7. The van der Waals surface area contributed by atoms with E-state index in [0.717, 1.165) is 0 Å². The smallest absolute Gasteiger partial charge is 0.278 e. The predicted molar refractivity (Wildman–Crippen MR) is 77.1 cm³/mol. The van der Waals surface area contributed by atoms with E-state index in [4.69, 9.17) is 4.74 Å². The van der Waals surface area contributed by atoms with E-state index in [0.29, 0.717) is 0 Å². The van der Waals surface area contributed by atoms with Crippen molar-refractivity contribution in [3.63, 3.8) is 0 Å². The zero-order valence-electron chi connectivity index (χ0n) is 11.5. The van der Waals surface area contributed by atoms with Gasteiger partial charge in [0, 0.05) is 0 Å². The number of para-hydroxylation sites is 1. The molecule has 0 aromatic heterocycles. The monoisotopic (exact) mass is 317 g/mol. The van der Waals surface area contributed by atoms with Crippen LogP contribution in [-0.4, -0.2) is 31.6 Å². The lowest BCUT2D eigenvalue weighted by Crippen LogP contribution is -2.36. The lowest BCUT2D eigenvalue weighted by molar-refractivity contribution is 0.0738. The quantitative estimate of drug-likeness (QED) is 0.787. The Balaban J connectivity index is 2.14. The third-order valence-electron chi connectivity index (χ3n) is 3.34. The molecule has 2 aromatic carbocycles. The number of nitrogens with zero attached hydrogens (tertiary/aromatic N) is 1. The normalized spacial score (nSPS) is 15.5. The average molecular weight is 317 g/mol. The van der Waals surface area contributed by atoms with Crippen molar-refractivity contribution in [1.82, 2.24) is 4.31 Å². The van der Waals surface area contributed by atoms with Crippen molar-refractivity contribution >= 4 is 21.8 Å². The van der Waals surface area contributed by atoms with Crippen LogP contribution in [-0.2, 0) is 10.0 Å². The van der Waals surface area contributed by atoms with Gasteiger partial charge >= 0.3 is 0 Å². The number of carbonyl (C=O) groups excluding carboxylic acids is 2. The van der Waals surface area contributed by atoms with Crippen molar-refractivity contribution in [3.05, 3.63) is 59.7 Å². The number of carbonyl (C=O) groups is 2. The number of rotatable bonds is 2. The molecule has 3 rings (SSSR count). The number of methoxy groups -OCH3 is 1. The number of sulfonamides is 1. The number of benzene rings is 2. The minimum Gasteiger partial charge on any atom is -0.496 e. The summed E-state index contributed by atoms with van der Waals surface area (Å²) >= 11 is 0. The van der Waals surface area contributed by atoms with Crippen LogP contribution in [0, 0.1) is 0 Å². The summed E-state index contributed by atoms with van der Waals surface area (Å²) in [5.74, 6) is -1.59. The third kappa shape index (κ3) is 1.90. The molecule has 0 radical (unpaired) electrons. The molecule has 0 N–H and O–H groups in total. The molecule has 1 heterocycles. The largest absolute Gasteiger partial charge is 0.496 e. The van der Waals surface area contributed by atoms with E-state index in [1.165, 1.54) is 37.4 Å². The van der Waals surface area contributed by atoms with Crippen LogP contribution in [0.2, 0.25) is 0 Å². The topological polar surface area (TPSA) is 80.8 Å². The summed E-state index contributed by atoms with van der Waals surface area (Å²) < 4.78 is 30.2. The molecule has 0 spiro atoms. The van der Waals surface area contributed by atoms with Gasteiger partial charge in [-0.3, -0.25) is 9.59 Å². The number of hydrogen-bond donors (Lipinski definition) is 0. The summed E-state index contributed by atoms with van der Waals surface area (Å²) in [6.45, 7) is 0. The molecule has 2 amide bonds. The van der Waals surface area contributed by atoms with Crippen molar-refractivity contribution in [2.45, 2.75) is 4.90 Å². The molecule has 0 saturated carbocycles. The van der Waals surface area contributed by atoms with Gasteiger partial charge in [0.1, 0.15) is 10.6 Å². The fourth-order valence-corrected chi connectivity index (χ4v) is 3.83. The summed E-state index contributed by atoms with van der Waals surface area (Å²) in [5, 5.41) is 0. The second-order valence-corrected chi connectivity index (χ2v) is 6.33.